The molecule has 9 heteroatoms. The van der Waals surface area contributed by atoms with Crippen LogP contribution in [0, 0.1) is 19.8 Å². The van der Waals surface area contributed by atoms with E-state index in [1.807, 2.05) is 32.9 Å². The highest BCUT2D eigenvalue weighted by Gasteiger charge is 2.36. The van der Waals surface area contributed by atoms with Crippen molar-refractivity contribution >= 4 is 51.1 Å². The lowest BCUT2D eigenvalue weighted by molar-refractivity contribution is -0.151. The van der Waals surface area contributed by atoms with E-state index in [2.05, 4.69) is 21.2 Å². The van der Waals surface area contributed by atoms with Crippen LogP contribution >= 0.6 is 15.9 Å². The zero-order valence-electron chi connectivity index (χ0n) is 20.1. The normalized spacial score (nSPS) is 15.1. The maximum atomic E-state index is 12.5. The summed E-state index contributed by atoms with van der Waals surface area (Å²) in [6, 6.07) is 10.2. The van der Waals surface area contributed by atoms with Gasteiger partial charge in [-0.3, -0.25) is 14.4 Å². The molecule has 0 saturated carbocycles. The Morgan fingerprint density at radius 1 is 1.09 bits per heavy atom. The summed E-state index contributed by atoms with van der Waals surface area (Å²) < 4.78 is 11.3. The van der Waals surface area contributed by atoms with Crippen molar-refractivity contribution in [1.82, 2.24) is 0 Å². The van der Waals surface area contributed by atoms with Gasteiger partial charge in [-0.1, -0.05) is 29.3 Å². The Morgan fingerprint density at radius 3 is 2.49 bits per heavy atom. The van der Waals surface area contributed by atoms with Gasteiger partial charge in [-0.05, 0) is 67.8 Å². The highest BCUT2D eigenvalue weighted by molar-refractivity contribution is 9.10. The quantitative estimate of drug-likeness (QED) is 0.366. The molecule has 0 radical (unpaired) electrons. The Hall–Kier alpha value is -3.20. The molecular weight excluding hydrogens is 516 g/mol. The van der Waals surface area contributed by atoms with Crippen LogP contribution in [0.15, 0.2) is 40.9 Å². The molecule has 1 N–H and O–H groups in total. The van der Waals surface area contributed by atoms with Crippen molar-refractivity contribution in [2.45, 2.75) is 40.0 Å². The summed E-state index contributed by atoms with van der Waals surface area (Å²) >= 11 is 3.45. The first-order valence-electron chi connectivity index (χ1n) is 11.5. The maximum absolute atomic E-state index is 12.5. The minimum Gasteiger partial charge on any atom is -0.462 e. The lowest BCUT2D eigenvalue weighted by atomic mass is 10.1. The Kier molecular flexibility index (Phi) is 9.03. The molecule has 2 aromatic carbocycles. The minimum absolute atomic E-state index is 0.00766. The van der Waals surface area contributed by atoms with Crippen molar-refractivity contribution in [3.63, 3.8) is 0 Å². The molecule has 1 atom stereocenters. The van der Waals surface area contributed by atoms with Crippen LogP contribution in [0.2, 0.25) is 0 Å². The van der Waals surface area contributed by atoms with Gasteiger partial charge in [0.15, 0.2) is 6.61 Å². The monoisotopic (exact) mass is 544 g/mol. The zero-order chi connectivity index (χ0) is 25.5. The fourth-order valence-corrected chi connectivity index (χ4v) is 4.10. The number of carbonyl (C=O) groups is 4. The second kappa shape index (κ2) is 12.0. The molecule has 3 rings (SSSR count). The largest absolute Gasteiger partial charge is 0.462 e. The van der Waals surface area contributed by atoms with Gasteiger partial charge in [0.1, 0.15) is 0 Å². The summed E-state index contributed by atoms with van der Waals surface area (Å²) in [5.74, 6) is -2.37. The van der Waals surface area contributed by atoms with Gasteiger partial charge in [-0.2, -0.15) is 0 Å². The Labute approximate surface area is 213 Å². The molecule has 0 bridgehead atoms. The van der Waals surface area contributed by atoms with E-state index < -0.39 is 30.4 Å². The number of hydrogen-bond acceptors (Lipinski definition) is 6. The van der Waals surface area contributed by atoms with E-state index in [9.17, 15) is 19.2 Å². The average molecular weight is 545 g/mol. The van der Waals surface area contributed by atoms with Gasteiger partial charge in [-0.15, -0.1) is 0 Å². The number of anilines is 2. The summed E-state index contributed by atoms with van der Waals surface area (Å²) in [4.78, 5) is 50.8. The van der Waals surface area contributed by atoms with Gasteiger partial charge in [0.25, 0.3) is 5.91 Å². The third-order valence-corrected chi connectivity index (χ3v) is 6.58. The van der Waals surface area contributed by atoms with Gasteiger partial charge in [0, 0.05) is 28.8 Å². The van der Waals surface area contributed by atoms with Crippen LogP contribution in [-0.2, 0) is 23.9 Å². The number of rotatable bonds is 9. The number of nitrogens with one attached hydrogen (secondary N) is 1. The van der Waals surface area contributed by atoms with Crippen molar-refractivity contribution in [1.29, 1.82) is 0 Å². The predicted octanol–water partition coefficient (Wildman–Crippen LogP) is 4.56. The SMILES string of the molecule is CCCCOC(=O)c1ccc(N2C[C@H](C(=O)OCC(=O)Nc3cc(C)c(Br)cc3C)CC2=O)cc1. The number of aryl methyl sites for hydroxylation is 2. The molecule has 8 nitrogen and oxygen atoms in total. The molecule has 0 spiro atoms. The molecule has 2 amide bonds. The molecule has 1 saturated heterocycles. The van der Waals surface area contributed by atoms with E-state index in [-0.39, 0.29) is 18.9 Å². The van der Waals surface area contributed by atoms with Crippen LogP contribution in [0.1, 0.15) is 47.7 Å². The summed E-state index contributed by atoms with van der Waals surface area (Å²) in [5.41, 5.74) is 3.46. The molecular formula is C26H29BrN2O6. The van der Waals surface area contributed by atoms with E-state index in [4.69, 9.17) is 9.47 Å². The van der Waals surface area contributed by atoms with Crippen LogP contribution in [0.5, 0.6) is 0 Å². The molecule has 35 heavy (non-hydrogen) atoms. The van der Waals surface area contributed by atoms with Crippen molar-refractivity contribution in [3.05, 3.63) is 57.6 Å². The minimum atomic E-state index is -0.675. The smallest absolute Gasteiger partial charge is 0.338 e. The van der Waals surface area contributed by atoms with Gasteiger partial charge < -0.3 is 19.7 Å². The number of unbranched alkanes of at least 4 members (excludes halogenated alkanes) is 1. The van der Waals surface area contributed by atoms with Crippen molar-refractivity contribution < 1.29 is 28.7 Å². The predicted molar refractivity (Wildman–Crippen MR) is 135 cm³/mol. The third kappa shape index (κ3) is 6.91. The summed E-state index contributed by atoms with van der Waals surface area (Å²) in [6.07, 6.45) is 1.73. The highest BCUT2D eigenvalue weighted by atomic mass is 79.9. The maximum Gasteiger partial charge on any atom is 0.338 e. The molecule has 2 aromatic rings. The number of ether oxygens (including phenoxy) is 2. The van der Waals surface area contributed by atoms with E-state index in [0.717, 1.165) is 28.4 Å². The summed E-state index contributed by atoms with van der Waals surface area (Å²) in [5, 5.41) is 2.75. The van der Waals surface area contributed by atoms with Crippen molar-refractivity contribution in [2.24, 2.45) is 5.92 Å². The molecule has 0 aromatic heterocycles. The number of amides is 2. The van der Waals surface area contributed by atoms with Crippen LogP contribution in [-0.4, -0.2) is 43.5 Å². The molecule has 1 aliphatic rings. The first-order valence-corrected chi connectivity index (χ1v) is 12.3. The van der Waals surface area contributed by atoms with Gasteiger partial charge in [0.2, 0.25) is 5.91 Å². The first kappa shape index (κ1) is 26.4. The molecule has 1 fully saturated rings. The fourth-order valence-electron chi connectivity index (χ4n) is 3.64. The van der Waals surface area contributed by atoms with Gasteiger partial charge >= 0.3 is 11.9 Å². The Morgan fingerprint density at radius 2 is 1.80 bits per heavy atom. The number of carbonyl (C=O) groups excluding carboxylic acids is 4. The van der Waals surface area contributed by atoms with E-state index in [0.29, 0.717) is 23.5 Å². The van der Waals surface area contributed by atoms with Crippen molar-refractivity contribution in [3.8, 4) is 0 Å². The number of hydrogen-bond donors (Lipinski definition) is 1. The van der Waals surface area contributed by atoms with E-state index in [1.54, 1.807) is 24.3 Å². The number of esters is 2. The second-order valence-corrected chi connectivity index (χ2v) is 9.37. The molecule has 1 heterocycles. The lowest BCUT2D eigenvalue weighted by Gasteiger charge is -2.17. The van der Waals surface area contributed by atoms with Gasteiger partial charge in [-0.25, -0.2) is 4.79 Å². The lowest BCUT2D eigenvalue weighted by Crippen LogP contribution is -2.28. The van der Waals surface area contributed by atoms with Crippen molar-refractivity contribution in [2.75, 3.05) is 30.0 Å². The fraction of sp³-hybridized carbons (Fsp3) is 0.385. The van der Waals surface area contributed by atoms with Crippen LogP contribution in [0.25, 0.3) is 0 Å². The molecule has 186 valence electrons. The average Bonchev–Trinajstić information content (AvgIpc) is 3.23. The standard InChI is InChI=1S/C26H29BrN2O6/c1-4-5-10-34-25(32)18-6-8-20(9-7-18)29-14-19(13-24(29)31)26(33)35-15-23(30)28-22-12-16(2)21(27)11-17(22)3/h6-9,11-12,19H,4-5,10,13-15H2,1-3H3,(H,28,30)/t19-/m1/s1. The Bertz CT molecular complexity index is 1120. The number of halogens is 1. The zero-order valence-corrected chi connectivity index (χ0v) is 21.6. The Balaban J connectivity index is 1.52. The van der Waals surface area contributed by atoms with Crippen LogP contribution < -0.4 is 10.2 Å². The van der Waals surface area contributed by atoms with Crippen LogP contribution in [0.4, 0.5) is 11.4 Å². The number of benzene rings is 2. The molecule has 0 aliphatic carbocycles. The third-order valence-electron chi connectivity index (χ3n) is 5.73. The molecule has 0 unspecified atom stereocenters. The topological polar surface area (TPSA) is 102 Å². The van der Waals surface area contributed by atoms with Crippen LogP contribution in [0.3, 0.4) is 0 Å². The summed E-state index contributed by atoms with van der Waals surface area (Å²) in [6.45, 7) is 5.86. The molecule has 1 aliphatic heterocycles. The summed E-state index contributed by atoms with van der Waals surface area (Å²) in [7, 11) is 0. The first-order chi connectivity index (χ1) is 16.7. The van der Waals surface area contributed by atoms with Gasteiger partial charge in [0.05, 0.1) is 18.1 Å². The second-order valence-electron chi connectivity index (χ2n) is 8.51. The van der Waals surface area contributed by atoms with E-state index >= 15 is 0 Å². The van der Waals surface area contributed by atoms with E-state index in [1.165, 1.54) is 4.90 Å². The number of nitrogens with zero attached hydrogens (tertiary/aromatic N) is 1. The highest BCUT2D eigenvalue weighted by Crippen LogP contribution is 2.27.